The summed E-state index contributed by atoms with van der Waals surface area (Å²) in [6.07, 6.45) is 0.828. The third kappa shape index (κ3) is 3.42. The van der Waals surface area contributed by atoms with Gasteiger partial charge in [-0.3, -0.25) is 9.48 Å². The van der Waals surface area contributed by atoms with Crippen LogP contribution in [0.2, 0.25) is 0 Å². The first kappa shape index (κ1) is 15.1. The zero-order valence-corrected chi connectivity index (χ0v) is 12.8. The number of aromatic nitrogens is 2. The Morgan fingerprint density at radius 3 is 2.52 bits per heavy atom. The lowest BCUT2D eigenvalue weighted by molar-refractivity contribution is 0.0773. The maximum atomic E-state index is 12.6. The van der Waals surface area contributed by atoms with Gasteiger partial charge in [-0.05, 0) is 37.1 Å². The number of carbonyl (C=O) groups excluding carboxylic acids is 1. The number of hydrogen-bond donors (Lipinski definition) is 1. The van der Waals surface area contributed by atoms with E-state index in [1.54, 1.807) is 16.6 Å². The summed E-state index contributed by atoms with van der Waals surface area (Å²) in [6.45, 7) is 5.27. The first-order valence-electron chi connectivity index (χ1n) is 7.21. The molecule has 0 atom stereocenters. The smallest absolute Gasteiger partial charge is 0.272 e. The maximum Gasteiger partial charge on any atom is 0.272 e. The van der Waals surface area contributed by atoms with E-state index < -0.39 is 0 Å². The molecular weight excluding hydrogens is 264 g/mol. The Morgan fingerprint density at radius 2 is 1.95 bits per heavy atom. The van der Waals surface area contributed by atoms with Gasteiger partial charge < -0.3 is 10.6 Å². The van der Waals surface area contributed by atoms with Crippen LogP contribution in [-0.4, -0.2) is 27.6 Å². The van der Waals surface area contributed by atoms with E-state index in [9.17, 15) is 4.79 Å². The minimum atomic E-state index is -0.0131. The van der Waals surface area contributed by atoms with Crippen LogP contribution >= 0.6 is 0 Å². The Kier molecular flexibility index (Phi) is 4.62. The van der Waals surface area contributed by atoms with Crippen molar-refractivity contribution in [2.45, 2.75) is 33.4 Å². The molecule has 2 rings (SSSR count). The maximum absolute atomic E-state index is 12.6. The third-order valence-corrected chi connectivity index (χ3v) is 3.46. The fourth-order valence-electron chi connectivity index (χ4n) is 2.22. The van der Waals surface area contributed by atoms with Gasteiger partial charge in [0.15, 0.2) is 0 Å². The van der Waals surface area contributed by atoms with Crippen LogP contribution in [0, 0.1) is 0 Å². The topological polar surface area (TPSA) is 64.2 Å². The summed E-state index contributed by atoms with van der Waals surface area (Å²) in [5, 5.41) is 4.42. The van der Waals surface area contributed by atoms with E-state index in [0.29, 0.717) is 18.8 Å². The highest BCUT2D eigenvalue weighted by molar-refractivity contribution is 5.92. The summed E-state index contributed by atoms with van der Waals surface area (Å²) < 4.78 is 1.76. The van der Waals surface area contributed by atoms with Crippen molar-refractivity contribution in [2.75, 3.05) is 12.8 Å². The molecule has 0 radical (unpaired) electrons. The number of carbonyl (C=O) groups is 1. The number of anilines is 1. The van der Waals surface area contributed by atoms with Crippen molar-refractivity contribution in [2.24, 2.45) is 0 Å². The number of nitrogens with two attached hydrogens (primary N) is 1. The van der Waals surface area contributed by atoms with E-state index in [2.05, 4.69) is 5.10 Å². The first-order chi connectivity index (χ1) is 10.0. The largest absolute Gasteiger partial charge is 0.399 e. The Morgan fingerprint density at radius 1 is 1.29 bits per heavy atom. The summed E-state index contributed by atoms with van der Waals surface area (Å²) in [6, 6.07) is 9.45. The molecule has 1 aromatic carbocycles. The summed E-state index contributed by atoms with van der Waals surface area (Å²) in [7, 11) is 1.80. The summed E-state index contributed by atoms with van der Waals surface area (Å²) in [5.41, 5.74) is 9.04. The molecule has 0 saturated carbocycles. The van der Waals surface area contributed by atoms with Crippen LogP contribution in [0.25, 0.3) is 0 Å². The zero-order chi connectivity index (χ0) is 15.4. The molecule has 0 bridgehead atoms. The Bertz CT molecular complexity index is 616. The number of rotatable bonds is 5. The minimum absolute atomic E-state index is 0.0131. The molecule has 2 N–H and O–H groups in total. The molecular formula is C16H22N4O. The predicted octanol–water partition coefficient (Wildman–Crippen LogP) is 2.32. The lowest BCUT2D eigenvalue weighted by Crippen LogP contribution is -2.28. The summed E-state index contributed by atoms with van der Waals surface area (Å²) >= 11 is 0. The number of amides is 1. The second-order valence-corrected chi connectivity index (χ2v) is 5.09. The van der Waals surface area contributed by atoms with E-state index in [4.69, 9.17) is 5.73 Å². The highest BCUT2D eigenvalue weighted by Crippen LogP contribution is 2.12. The average Bonchev–Trinajstić information content (AvgIpc) is 2.92. The molecule has 1 amide bonds. The standard InChI is InChI=1S/C16H22N4O/c1-4-14-10-15(20(5-2)18-14)16(21)19(3)11-12-6-8-13(17)9-7-12/h6-10H,4-5,11,17H2,1-3H3. The molecule has 0 spiro atoms. The molecule has 0 unspecified atom stereocenters. The SMILES string of the molecule is CCc1cc(C(=O)N(C)Cc2ccc(N)cc2)n(CC)n1. The zero-order valence-electron chi connectivity index (χ0n) is 12.8. The molecule has 112 valence electrons. The van der Waals surface area contributed by atoms with Gasteiger partial charge in [0.2, 0.25) is 0 Å². The van der Waals surface area contributed by atoms with Crippen molar-refractivity contribution in [3.8, 4) is 0 Å². The Labute approximate surface area is 125 Å². The number of aryl methyl sites for hydroxylation is 2. The van der Waals surface area contributed by atoms with Crippen molar-refractivity contribution in [3.63, 3.8) is 0 Å². The van der Waals surface area contributed by atoms with Crippen LogP contribution in [0.3, 0.4) is 0 Å². The second kappa shape index (κ2) is 6.43. The molecule has 0 saturated heterocycles. The number of hydrogen-bond acceptors (Lipinski definition) is 3. The summed E-state index contributed by atoms with van der Waals surface area (Å²) in [5.74, 6) is -0.0131. The fourth-order valence-corrected chi connectivity index (χ4v) is 2.22. The van der Waals surface area contributed by atoms with Gasteiger partial charge in [0.05, 0.1) is 5.69 Å². The van der Waals surface area contributed by atoms with Gasteiger partial charge in [0, 0.05) is 25.8 Å². The molecule has 1 aromatic heterocycles. The molecule has 0 aliphatic rings. The normalized spacial score (nSPS) is 10.6. The van der Waals surface area contributed by atoms with Gasteiger partial charge in [-0.25, -0.2) is 0 Å². The van der Waals surface area contributed by atoms with E-state index >= 15 is 0 Å². The van der Waals surface area contributed by atoms with Crippen molar-refractivity contribution < 1.29 is 4.79 Å². The van der Waals surface area contributed by atoms with Gasteiger partial charge in [0.1, 0.15) is 5.69 Å². The Balaban J connectivity index is 2.15. The van der Waals surface area contributed by atoms with Gasteiger partial charge in [0.25, 0.3) is 5.91 Å². The number of nitrogens with zero attached hydrogens (tertiary/aromatic N) is 3. The predicted molar refractivity (Wildman–Crippen MR) is 83.9 cm³/mol. The second-order valence-electron chi connectivity index (χ2n) is 5.09. The van der Waals surface area contributed by atoms with Crippen molar-refractivity contribution in [3.05, 3.63) is 47.3 Å². The average molecular weight is 286 g/mol. The third-order valence-electron chi connectivity index (χ3n) is 3.46. The van der Waals surface area contributed by atoms with Gasteiger partial charge >= 0.3 is 0 Å². The first-order valence-corrected chi connectivity index (χ1v) is 7.21. The molecule has 21 heavy (non-hydrogen) atoms. The molecule has 0 fully saturated rings. The van der Waals surface area contributed by atoms with Crippen LogP contribution in [0.1, 0.15) is 35.6 Å². The fraction of sp³-hybridized carbons (Fsp3) is 0.375. The molecule has 2 aromatic rings. The minimum Gasteiger partial charge on any atom is -0.399 e. The van der Waals surface area contributed by atoms with Crippen LogP contribution in [-0.2, 0) is 19.5 Å². The molecule has 1 heterocycles. The van der Waals surface area contributed by atoms with Crippen LogP contribution in [0.15, 0.2) is 30.3 Å². The number of benzene rings is 1. The van der Waals surface area contributed by atoms with Gasteiger partial charge in [-0.2, -0.15) is 5.10 Å². The van der Waals surface area contributed by atoms with Crippen LogP contribution < -0.4 is 5.73 Å². The molecule has 5 heteroatoms. The van der Waals surface area contributed by atoms with E-state index in [1.807, 2.05) is 44.2 Å². The highest BCUT2D eigenvalue weighted by Gasteiger charge is 2.18. The highest BCUT2D eigenvalue weighted by atomic mass is 16.2. The lowest BCUT2D eigenvalue weighted by atomic mass is 10.2. The monoisotopic (exact) mass is 286 g/mol. The lowest BCUT2D eigenvalue weighted by Gasteiger charge is -2.17. The van der Waals surface area contributed by atoms with E-state index in [1.165, 1.54) is 0 Å². The van der Waals surface area contributed by atoms with Crippen molar-refractivity contribution >= 4 is 11.6 Å². The molecule has 5 nitrogen and oxygen atoms in total. The van der Waals surface area contributed by atoms with Crippen LogP contribution in [0.4, 0.5) is 5.69 Å². The van der Waals surface area contributed by atoms with Crippen molar-refractivity contribution in [1.82, 2.24) is 14.7 Å². The van der Waals surface area contributed by atoms with E-state index in [-0.39, 0.29) is 5.91 Å². The quantitative estimate of drug-likeness (QED) is 0.858. The molecule has 0 aliphatic carbocycles. The van der Waals surface area contributed by atoms with Gasteiger partial charge in [-0.1, -0.05) is 19.1 Å². The number of nitrogen functional groups attached to an aromatic ring is 1. The van der Waals surface area contributed by atoms with E-state index in [0.717, 1.165) is 23.4 Å². The molecule has 0 aliphatic heterocycles. The van der Waals surface area contributed by atoms with Crippen molar-refractivity contribution in [1.29, 1.82) is 0 Å². The summed E-state index contributed by atoms with van der Waals surface area (Å²) in [4.78, 5) is 14.3. The van der Waals surface area contributed by atoms with Gasteiger partial charge in [-0.15, -0.1) is 0 Å². The Hall–Kier alpha value is -2.30. The van der Waals surface area contributed by atoms with Crippen LogP contribution in [0.5, 0.6) is 0 Å².